The molecule has 1 saturated heterocycles. The van der Waals surface area contributed by atoms with E-state index in [0.29, 0.717) is 11.3 Å². The van der Waals surface area contributed by atoms with Crippen molar-refractivity contribution in [3.8, 4) is 0 Å². The van der Waals surface area contributed by atoms with Crippen LogP contribution in [0.1, 0.15) is 36.8 Å². The molecule has 3 aliphatic rings. The molecule has 1 amide bonds. The molecule has 1 N–H and O–H groups in total. The number of carbonyl (C=O) groups excluding carboxylic acids is 1. The Bertz CT molecular complexity index is 575. The van der Waals surface area contributed by atoms with Gasteiger partial charge in [-0.2, -0.15) is 0 Å². The first-order valence-electron chi connectivity index (χ1n) is 8.31. The van der Waals surface area contributed by atoms with E-state index in [4.69, 9.17) is 0 Å². The largest absolute Gasteiger partial charge is 0.317 e. The Balaban J connectivity index is 1.57. The van der Waals surface area contributed by atoms with Gasteiger partial charge >= 0.3 is 0 Å². The number of benzene rings is 1. The Hall–Kier alpha value is -1.35. The number of carbonyl (C=O) groups is 1. The predicted octanol–water partition coefficient (Wildman–Crippen LogP) is 2.66. The summed E-state index contributed by atoms with van der Waals surface area (Å²) in [5, 5.41) is 3.42. The number of nitrogens with one attached hydrogen (secondary N) is 1. The second-order valence-electron chi connectivity index (χ2n) is 7.09. The Morgan fingerprint density at radius 2 is 2.14 bits per heavy atom. The minimum atomic E-state index is 0.284. The lowest BCUT2D eigenvalue weighted by Crippen LogP contribution is -2.39. The third-order valence-electron chi connectivity index (χ3n) is 5.71. The third-order valence-corrected chi connectivity index (χ3v) is 5.71. The zero-order chi connectivity index (χ0) is 14.4. The molecule has 2 fully saturated rings. The van der Waals surface area contributed by atoms with Crippen LogP contribution in [0.4, 0.5) is 5.69 Å². The molecule has 4 rings (SSSR count). The van der Waals surface area contributed by atoms with E-state index < -0.39 is 0 Å². The van der Waals surface area contributed by atoms with Gasteiger partial charge in [-0.3, -0.25) is 4.79 Å². The quantitative estimate of drug-likeness (QED) is 0.860. The summed E-state index contributed by atoms with van der Waals surface area (Å²) in [5.41, 5.74) is 4.16. The van der Waals surface area contributed by atoms with E-state index in [1.165, 1.54) is 29.7 Å². The Kier molecular flexibility index (Phi) is 3.07. The van der Waals surface area contributed by atoms with Gasteiger partial charge in [0.15, 0.2) is 0 Å². The van der Waals surface area contributed by atoms with Crippen LogP contribution < -0.4 is 10.2 Å². The molecule has 3 heteroatoms. The van der Waals surface area contributed by atoms with Gasteiger partial charge in [0.25, 0.3) is 0 Å². The average Bonchev–Trinajstić information content (AvgIpc) is 3.19. The molecule has 1 unspecified atom stereocenters. The van der Waals surface area contributed by atoms with Crippen LogP contribution in [0.3, 0.4) is 0 Å². The van der Waals surface area contributed by atoms with E-state index in [2.05, 4.69) is 35.3 Å². The number of rotatable bonds is 1. The molecule has 2 heterocycles. The predicted molar refractivity (Wildman–Crippen MR) is 84.5 cm³/mol. The Labute approximate surface area is 126 Å². The maximum absolute atomic E-state index is 13.0. The van der Waals surface area contributed by atoms with Crippen LogP contribution in [0.25, 0.3) is 0 Å². The molecule has 1 spiro atoms. The number of amides is 1. The van der Waals surface area contributed by atoms with Gasteiger partial charge in [0.1, 0.15) is 0 Å². The summed E-state index contributed by atoms with van der Waals surface area (Å²) in [4.78, 5) is 15.1. The van der Waals surface area contributed by atoms with E-state index >= 15 is 0 Å². The topological polar surface area (TPSA) is 32.3 Å². The molecule has 0 aromatic heterocycles. The minimum absolute atomic E-state index is 0.284. The van der Waals surface area contributed by atoms with Crippen molar-refractivity contribution in [3.63, 3.8) is 0 Å². The van der Waals surface area contributed by atoms with Crippen molar-refractivity contribution in [2.75, 3.05) is 24.5 Å². The average molecular weight is 284 g/mol. The highest BCUT2D eigenvalue weighted by molar-refractivity contribution is 5.98. The molecule has 1 atom stereocenters. The van der Waals surface area contributed by atoms with Crippen LogP contribution in [0.5, 0.6) is 0 Å². The summed E-state index contributed by atoms with van der Waals surface area (Å²) < 4.78 is 0. The number of anilines is 1. The number of aryl methyl sites for hydroxylation is 2. The maximum atomic E-state index is 13.0. The molecular formula is C18H24N2O. The summed E-state index contributed by atoms with van der Waals surface area (Å²) in [6, 6.07) is 6.54. The van der Waals surface area contributed by atoms with Crippen molar-refractivity contribution in [1.82, 2.24) is 5.32 Å². The second kappa shape index (κ2) is 4.84. The van der Waals surface area contributed by atoms with Crippen LogP contribution >= 0.6 is 0 Å². The molecule has 1 aliphatic carbocycles. The van der Waals surface area contributed by atoms with Crippen LogP contribution in [-0.2, 0) is 11.2 Å². The highest BCUT2D eigenvalue weighted by atomic mass is 16.2. The smallest absolute Gasteiger partial charge is 0.230 e. The summed E-state index contributed by atoms with van der Waals surface area (Å²) in [5.74, 6) is 0.675. The monoisotopic (exact) mass is 284 g/mol. The Morgan fingerprint density at radius 3 is 2.95 bits per heavy atom. The van der Waals surface area contributed by atoms with Gasteiger partial charge in [0.05, 0.1) is 0 Å². The van der Waals surface area contributed by atoms with E-state index in [9.17, 15) is 4.79 Å². The maximum Gasteiger partial charge on any atom is 0.230 e. The van der Waals surface area contributed by atoms with Crippen molar-refractivity contribution in [2.45, 2.75) is 39.0 Å². The van der Waals surface area contributed by atoms with Gasteiger partial charge in [-0.05, 0) is 69.2 Å². The van der Waals surface area contributed by atoms with E-state index in [1.807, 2.05) is 0 Å². The fraction of sp³-hybridized carbons (Fsp3) is 0.611. The highest BCUT2D eigenvalue weighted by Crippen LogP contribution is 2.59. The van der Waals surface area contributed by atoms with Gasteiger partial charge < -0.3 is 10.2 Å². The van der Waals surface area contributed by atoms with Crippen LogP contribution in [0, 0.1) is 18.3 Å². The number of fused-ring (bicyclic) bond motifs is 1. The first kappa shape index (κ1) is 13.3. The first-order chi connectivity index (χ1) is 10.2. The van der Waals surface area contributed by atoms with Gasteiger partial charge in [-0.1, -0.05) is 17.7 Å². The number of hydrogen-bond acceptors (Lipinski definition) is 2. The standard InChI is InChI=1S/C18H24N2O/c1-13-4-5-16-14(11-13)3-2-10-20(16)17(21)15-12-18(15)6-8-19-9-7-18/h4-5,11,15,19H,2-3,6-10,12H2,1H3. The van der Waals surface area contributed by atoms with Crippen molar-refractivity contribution < 1.29 is 4.79 Å². The van der Waals surface area contributed by atoms with E-state index in [1.54, 1.807) is 0 Å². The van der Waals surface area contributed by atoms with Crippen molar-refractivity contribution in [3.05, 3.63) is 29.3 Å². The Morgan fingerprint density at radius 1 is 1.33 bits per heavy atom. The molecule has 0 radical (unpaired) electrons. The van der Waals surface area contributed by atoms with Crippen LogP contribution in [0.2, 0.25) is 0 Å². The molecule has 1 aromatic carbocycles. The minimum Gasteiger partial charge on any atom is -0.317 e. The summed E-state index contributed by atoms with van der Waals surface area (Å²) in [6.07, 6.45) is 5.69. The fourth-order valence-electron chi connectivity index (χ4n) is 4.32. The molecular weight excluding hydrogens is 260 g/mol. The zero-order valence-corrected chi connectivity index (χ0v) is 12.8. The second-order valence-corrected chi connectivity index (χ2v) is 7.09. The lowest BCUT2D eigenvalue weighted by molar-refractivity contribution is -0.120. The normalized spacial score (nSPS) is 26.5. The lowest BCUT2D eigenvalue weighted by atomic mass is 9.91. The zero-order valence-electron chi connectivity index (χ0n) is 12.8. The van der Waals surface area contributed by atoms with Gasteiger partial charge in [0, 0.05) is 18.2 Å². The lowest BCUT2D eigenvalue weighted by Gasteiger charge is -2.31. The fourth-order valence-corrected chi connectivity index (χ4v) is 4.32. The molecule has 0 bridgehead atoms. The molecule has 1 saturated carbocycles. The van der Waals surface area contributed by atoms with Crippen molar-refractivity contribution >= 4 is 11.6 Å². The molecule has 2 aliphatic heterocycles. The van der Waals surface area contributed by atoms with Crippen LogP contribution in [-0.4, -0.2) is 25.5 Å². The summed E-state index contributed by atoms with van der Waals surface area (Å²) in [6.45, 7) is 5.20. The van der Waals surface area contributed by atoms with Crippen molar-refractivity contribution in [2.24, 2.45) is 11.3 Å². The van der Waals surface area contributed by atoms with E-state index in [0.717, 1.165) is 38.9 Å². The number of hydrogen-bond donors (Lipinski definition) is 1. The van der Waals surface area contributed by atoms with Crippen LogP contribution in [0.15, 0.2) is 18.2 Å². The summed E-state index contributed by atoms with van der Waals surface area (Å²) >= 11 is 0. The first-order valence-corrected chi connectivity index (χ1v) is 8.31. The van der Waals surface area contributed by atoms with Gasteiger partial charge in [-0.15, -0.1) is 0 Å². The highest BCUT2D eigenvalue weighted by Gasteiger charge is 2.58. The number of piperidine rings is 1. The van der Waals surface area contributed by atoms with Gasteiger partial charge in [0.2, 0.25) is 5.91 Å². The molecule has 112 valence electrons. The molecule has 1 aromatic rings. The van der Waals surface area contributed by atoms with E-state index in [-0.39, 0.29) is 5.92 Å². The third kappa shape index (κ3) is 2.18. The number of nitrogens with zero attached hydrogens (tertiary/aromatic N) is 1. The molecule has 3 nitrogen and oxygen atoms in total. The van der Waals surface area contributed by atoms with Crippen molar-refractivity contribution in [1.29, 1.82) is 0 Å². The molecule has 21 heavy (non-hydrogen) atoms. The SMILES string of the molecule is Cc1ccc2c(c1)CCCN2C(=O)C1CC12CCNCC2. The van der Waals surface area contributed by atoms with Gasteiger partial charge in [-0.25, -0.2) is 0 Å². The summed E-state index contributed by atoms with van der Waals surface area (Å²) in [7, 11) is 0.